The summed E-state index contributed by atoms with van der Waals surface area (Å²) in [5.41, 5.74) is 5.39. The molecule has 1 rings (SSSR count). The van der Waals surface area contributed by atoms with Crippen molar-refractivity contribution in [2.45, 2.75) is 44.8 Å². The van der Waals surface area contributed by atoms with Gasteiger partial charge < -0.3 is 5.73 Å². The Kier molecular flexibility index (Phi) is 5.05. The molecule has 0 radical (unpaired) electrons. The van der Waals surface area contributed by atoms with Crippen LogP contribution in [0.15, 0.2) is 0 Å². The molecule has 0 saturated heterocycles. The summed E-state index contributed by atoms with van der Waals surface area (Å²) in [6.07, 6.45) is -0.432. The topological polar surface area (TPSA) is 29.3 Å². The van der Waals surface area contributed by atoms with Gasteiger partial charge in [0.1, 0.15) is 0 Å². The van der Waals surface area contributed by atoms with Gasteiger partial charge in [0.15, 0.2) is 0 Å². The number of alkyl halides is 3. The number of hydrogen-bond donors (Lipinski definition) is 1. The molecule has 1 atom stereocenters. The average Bonchev–Trinajstić information content (AvgIpc) is 2.94. The fraction of sp³-hybridized carbons (Fsp3) is 1.00. The van der Waals surface area contributed by atoms with E-state index in [9.17, 15) is 13.2 Å². The molecule has 0 aliphatic heterocycles. The van der Waals surface area contributed by atoms with Gasteiger partial charge in [-0.2, -0.15) is 13.2 Å². The maximum absolute atomic E-state index is 12.3. The Balaban J connectivity index is 2.33. The summed E-state index contributed by atoms with van der Waals surface area (Å²) in [7, 11) is 0. The monoisotopic (exact) mass is 238 g/mol. The summed E-state index contributed by atoms with van der Waals surface area (Å²) in [6, 6.07) is 0.168. The fourth-order valence-electron chi connectivity index (χ4n) is 1.97. The van der Waals surface area contributed by atoms with Crippen LogP contribution in [-0.4, -0.2) is 36.8 Å². The highest BCUT2D eigenvalue weighted by Gasteiger charge is 2.38. The van der Waals surface area contributed by atoms with Crippen molar-refractivity contribution in [2.24, 2.45) is 11.7 Å². The van der Waals surface area contributed by atoms with Gasteiger partial charge in [-0.3, -0.25) is 4.90 Å². The van der Waals surface area contributed by atoms with E-state index in [0.29, 0.717) is 19.0 Å². The van der Waals surface area contributed by atoms with Crippen LogP contribution >= 0.6 is 0 Å². The number of nitrogens with two attached hydrogens (primary N) is 1. The Labute approximate surface area is 95.0 Å². The van der Waals surface area contributed by atoms with Gasteiger partial charge in [-0.05, 0) is 38.1 Å². The maximum Gasteiger partial charge on any atom is 0.401 e. The molecule has 1 unspecified atom stereocenters. The first-order chi connectivity index (χ1) is 7.42. The quantitative estimate of drug-likeness (QED) is 0.738. The van der Waals surface area contributed by atoms with Crippen molar-refractivity contribution < 1.29 is 13.2 Å². The molecule has 1 aliphatic carbocycles. The molecule has 96 valence electrons. The van der Waals surface area contributed by atoms with Gasteiger partial charge in [0.25, 0.3) is 0 Å². The highest BCUT2D eigenvalue weighted by atomic mass is 19.4. The van der Waals surface area contributed by atoms with Crippen LogP contribution in [0.3, 0.4) is 0 Å². The van der Waals surface area contributed by atoms with Crippen molar-refractivity contribution in [3.8, 4) is 0 Å². The molecular formula is C11H21F3N2. The number of halogens is 3. The van der Waals surface area contributed by atoms with Crippen LogP contribution in [0.5, 0.6) is 0 Å². The smallest absolute Gasteiger partial charge is 0.330 e. The zero-order valence-corrected chi connectivity index (χ0v) is 9.76. The van der Waals surface area contributed by atoms with Crippen LogP contribution in [-0.2, 0) is 0 Å². The van der Waals surface area contributed by atoms with E-state index in [1.54, 1.807) is 4.90 Å². The maximum atomic E-state index is 12.3. The van der Waals surface area contributed by atoms with Crippen molar-refractivity contribution in [2.75, 3.05) is 19.6 Å². The minimum Gasteiger partial charge on any atom is -0.330 e. The van der Waals surface area contributed by atoms with Gasteiger partial charge in [0, 0.05) is 12.6 Å². The van der Waals surface area contributed by atoms with Crippen LogP contribution in [0.4, 0.5) is 13.2 Å². The van der Waals surface area contributed by atoms with Crippen LogP contribution < -0.4 is 5.73 Å². The van der Waals surface area contributed by atoms with Gasteiger partial charge in [0.05, 0.1) is 6.54 Å². The van der Waals surface area contributed by atoms with Crippen LogP contribution in [0.2, 0.25) is 0 Å². The lowest BCUT2D eigenvalue weighted by Gasteiger charge is -2.26. The van der Waals surface area contributed by atoms with E-state index in [1.807, 2.05) is 6.92 Å². The first-order valence-electron chi connectivity index (χ1n) is 5.93. The molecule has 16 heavy (non-hydrogen) atoms. The summed E-state index contributed by atoms with van der Waals surface area (Å²) in [5.74, 6) is 0.298. The Hall–Kier alpha value is -0.290. The van der Waals surface area contributed by atoms with Crippen LogP contribution in [0.1, 0.15) is 32.6 Å². The summed E-state index contributed by atoms with van der Waals surface area (Å²) in [5, 5.41) is 0. The Morgan fingerprint density at radius 2 is 2.00 bits per heavy atom. The second-order valence-corrected chi connectivity index (χ2v) is 4.81. The van der Waals surface area contributed by atoms with Crippen molar-refractivity contribution in [3.63, 3.8) is 0 Å². The van der Waals surface area contributed by atoms with Gasteiger partial charge in [-0.25, -0.2) is 0 Å². The molecule has 0 aromatic carbocycles. The molecule has 1 aliphatic rings. The molecule has 0 bridgehead atoms. The lowest BCUT2D eigenvalue weighted by Crippen LogP contribution is -2.38. The molecule has 1 saturated carbocycles. The van der Waals surface area contributed by atoms with Gasteiger partial charge >= 0.3 is 6.18 Å². The van der Waals surface area contributed by atoms with Crippen LogP contribution in [0.25, 0.3) is 0 Å². The van der Waals surface area contributed by atoms with E-state index in [0.717, 1.165) is 25.7 Å². The van der Waals surface area contributed by atoms with E-state index in [-0.39, 0.29) is 6.04 Å². The molecule has 0 aromatic rings. The third-order valence-corrected chi connectivity index (χ3v) is 2.89. The predicted octanol–water partition coefficient (Wildman–Crippen LogP) is 2.39. The van der Waals surface area contributed by atoms with Crippen molar-refractivity contribution in [3.05, 3.63) is 0 Å². The first kappa shape index (κ1) is 13.8. The minimum atomic E-state index is -4.07. The van der Waals surface area contributed by atoms with E-state index in [4.69, 9.17) is 5.73 Å². The molecule has 0 amide bonds. The first-order valence-corrected chi connectivity index (χ1v) is 5.93. The van der Waals surface area contributed by atoms with Gasteiger partial charge in [0.2, 0.25) is 0 Å². The molecular weight excluding hydrogens is 217 g/mol. The summed E-state index contributed by atoms with van der Waals surface area (Å²) in [6.45, 7) is 2.41. The number of rotatable bonds is 7. The SMILES string of the molecule is CC(CCCN)CN(CC(F)(F)F)C1CC1. The Bertz CT molecular complexity index is 202. The zero-order chi connectivity index (χ0) is 12.2. The minimum absolute atomic E-state index is 0.168. The number of nitrogens with zero attached hydrogens (tertiary/aromatic N) is 1. The van der Waals surface area contributed by atoms with E-state index >= 15 is 0 Å². The van der Waals surface area contributed by atoms with Gasteiger partial charge in [-0.1, -0.05) is 6.92 Å². The van der Waals surface area contributed by atoms with Crippen LogP contribution in [0, 0.1) is 5.92 Å². The third kappa shape index (κ3) is 5.70. The van der Waals surface area contributed by atoms with Crippen molar-refractivity contribution in [1.29, 1.82) is 0 Å². The summed E-state index contributed by atoms with van der Waals surface area (Å²) in [4.78, 5) is 1.58. The van der Waals surface area contributed by atoms with Crippen molar-refractivity contribution in [1.82, 2.24) is 4.90 Å². The second kappa shape index (κ2) is 5.87. The molecule has 5 heteroatoms. The Morgan fingerprint density at radius 3 is 2.44 bits per heavy atom. The second-order valence-electron chi connectivity index (χ2n) is 4.81. The lowest BCUT2D eigenvalue weighted by atomic mass is 10.0. The standard InChI is InChI=1S/C11H21F3N2/c1-9(3-2-6-15)7-16(10-4-5-10)8-11(12,13)14/h9-10H,2-8,15H2,1H3. The highest BCUT2D eigenvalue weighted by Crippen LogP contribution is 2.31. The fourth-order valence-corrected chi connectivity index (χ4v) is 1.97. The van der Waals surface area contributed by atoms with Gasteiger partial charge in [-0.15, -0.1) is 0 Å². The number of hydrogen-bond acceptors (Lipinski definition) is 2. The molecule has 0 heterocycles. The highest BCUT2D eigenvalue weighted by molar-refractivity contribution is 4.86. The zero-order valence-electron chi connectivity index (χ0n) is 9.76. The van der Waals surface area contributed by atoms with Crippen molar-refractivity contribution >= 4 is 0 Å². The lowest BCUT2D eigenvalue weighted by molar-refractivity contribution is -0.148. The third-order valence-electron chi connectivity index (χ3n) is 2.89. The summed E-state index contributed by atoms with van der Waals surface area (Å²) < 4.78 is 37.0. The molecule has 1 fully saturated rings. The average molecular weight is 238 g/mol. The largest absolute Gasteiger partial charge is 0.401 e. The molecule has 0 spiro atoms. The molecule has 0 aromatic heterocycles. The molecule has 2 N–H and O–H groups in total. The van der Waals surface area contributed by atoms with E-state index in [2.05, 4.69) is 0 Å². The van der Waals surface area contributed by atoms with E-state index in [1.165, 1.54) is 0 Å². The normalized spacial score (nSPS) is 19.1. The Morgan fingerprint density at radius 1 is 1.38 bits per heavy atom. The summed E-state index contributed by atoms with van der Waals surface area (Å²) >= 11 is 0. The van der Waals surface area contributed by atoms with E-state index < -0.39 is 12.7 Å². The predicted molar refractivity (Wildman–Crippen MR) is 58.1 cm³/mol. The molecule has 2 nitrogen and oxygen atoms in total.